The number of nitrogens with zero attached hydrogens (tertiary/aromatic N) is 1. The molecule has 1 atom stereocenters. The zero-order valence-corrected chi connectivity index (χ0v) is 10.4. The van der Waals surface area contributed by atoms with Crippen LogP contribution in [0.3, 0.4) is 0 Å². The summed E-state index contributed by atoms with van der Waals surface area (Å²) in [4.78, 5) is 2.46. The molecule has 0 bridgehead atoms. The summed E-state index contributed by atoms with van der Waals surface area (Å²) in [6, 6.07) is 0.528. The van der Waals surface area contributed by atoms with Crippen LogP contribution in [0.25, 0.3) is 0 Å². The highest BCUT2D eigenvalue weighted by Crippen LogP contribution is 2.01. The van der Waals surface area contributed by atoms with Crippen molar-refractivity contribution >= 4 is 0 Å². The highest BCUT2D eigenvalue weighted by Gasteiger charge is 2.04. The predicted octanol–water partition coefficient (Wildman–Crippen LogP) is 2.27. The van der Waals surface area contributed by atoms with Gasteiger partial charge in [-0.15, -0.1) is 0 Å². The van der Waals surface area contributed by atoms with E-state index in [4.69, 9.17) is 0 Å². The van der Waals surface area contributed by atoms with Gasteiger partial charge in [-0.1, -0.05) is 25.5 Å². The van der Waals surface area contributed by atoms with Crippen molar-refractivity contribution in [3.05, 3.63) is 11.6 Å². The molecule has 0 saturated heterocycles. The molecule has 0 aromatic carbocycles. The SMILES string of the molecule is CCN(CC)CCC(C=C(C)C)NC. The average molecular weight is 198 g/mol. The van der Waals surface area contributed by atoms with Crippen molar-refractivity contribution in [3.8, 4) is 0 Å². The normalized spacial score (nSPS) is 13.0. The third kappa shape index (κ3) is 6.17. The molecular formula is C12H26N2. The lowest BCUT2D eigenvalue weighted by Gasteiger charge is -2.21. The minimum atomic E-state index is 0.528. The van der Waals surface area contributed by atoms with Gasteiger partial charge in [0.2, 0.25) is 0 Å². The number of likely N-dealkylation sites (N-methyl/N-ethyl adjacent to an activating group) is 1. The van der Waals surface area contributed by atoms with Crippen LogP contribution in [0.2, 0.25) is 0 Å². The van der Waals surface area contributed by atoms with Gasteiger partial charge >= 0.3 is 0 Å². The minimum absolute atomic E-state index is 0.528. The van der Waals surface area contributed by atoms with E-state index < -0.39 is 0 Å². The summed E-state index contributed by atoms with van der Waals surface area (Å²) < 4.78 is 0. The van der Waals surface area contributed by atoms with E-state index >= 15 is 0 Å². The molecule has 0 heterocycles. The number of rotatable bonds is 7. The second-order valence-corrected chi connectivity index (χ2v) is 3.95. The molecule has 0 aromatic rings. The van der Waals surface area contributed by atoms with Crippen molar-refractivity contribution < 1.29 is 0 Å². The van der Waals surface area contributed by atoms with Gasteiger partial charge in [0, 0.05) is 6.04 Å². The molecule has 0 aliphatic heterocycles. The van der Waals surface area contributed by atoms with E-state index in [9.17, 15) is 0 Å². The molecule has 2 nitrogen and oxygen atoms in total. The van der Waals surface area contributed by atoms with Crippen LogP contribution in [0.1, 0.15) is 34.1 Å². The van der Waals surface area contributed by atoms with Gasteiger partial charge < -0.3 is 10.2 Å². The zero-order chi connectivity index (χ0) is 11.0. The standard InChI is InChI=1S/C12H26N2/c1-6-14(7-2)9-8-12(13-5)10-11(3)4/h10,12-13H,6-9H2,1-5H3. The first-order valence-corrected chi connectivity index (χ1v) is 5.68. The Kier molecular flexibility index (Phi) is 7.81. The molecule has 0 saturated carbocycles. The van der Waals surface area contributed by atoms with Crippen molar-refractivity contribution in [2.24, 2.45) is 0 Å². The number of hydrogen-bond donors (Lipinski definition) is 1. The lowest BCUT2D eigenvalue weighted by molar-refractivity contribution is 0.291. The van der Waals surface area contributed by atoms with Crippen molar-refractivity contribution in [1.82, 2.24) is 10.2 Å². The summed E-state index contributed by atoms with van der Waals surface area (Å²) >= 11 is 0. The van der Waals surface area contributed by atoms with Gasteiger partial charge in [-0.25, -0.2) is 0 Å². The van der Waals surface area contributed by atoms with Crippen LogP contribution in [0.5, 0.6) is 0 Å². The van der Waals surface area contributed by atoms with Gasteiger partial charge in [-0.2, -0.15) is 0 Å². The van der Waals surface area contributed by atoms with E-state index in [1.807, 2.05) is 7.05 Å². The molecular weight excluding hydrogens is 172 g/mol. The maximum atomic E-state index is 3.33. The van der Waals surface area contributed by atoms with Crippen LogP contribution in [0.4, 0.5) is 0 Å². The van der Waals surface area contributed by atoms with Gasteiger partial charge in [0.1, 0.15) is 0 Å². The van der Waals surface area contributed by atoms with Crippen LogP contribution >= 0.6 is 0 Å². The van der Waals surface area contributed by atoms with Gasteiger partial charge in [0.05, 0.1) is 0 Å². The number of allylic oxidation sites excluding steroid dienone is 1. The summed E-state index contributed by atoms with van der Waals surface area (Å²) in [5, 5.41) is 3.33. The third-order valence-corrected chi connectivity index (χ3v) is 2.56. The zero-order valence-electron chi connectivity index (χ0n) is 10.4. The van der Waals surface area contributed by atoms with Gasteiger partial charge in [0.15, 0.2) is 0 Å². The Morgan fingerprint density at radius 2 is 1.86 bits per heavy atom. The number of nitrogens with one attached hydrogen (secondary N) is 1. The van der Waals surface area contributed by atoms with Crippen molar-refractivity contribution in [2.45, 2.75) is 40.2 Å². The van der Waals surface area contributed by atoms with E-state index in [0.29, 0.717) is 6.04 Å². The summed E-state index contributed by atoms with van der Waals surface area (Å²) in [6.45, 7) is 12.2. The second kappa shape index (κ2) is 8.01. The largest absolute Gasteiger partial charge is 0.313 e. The molecule has 0 spiro atoms. The van der Waals surface area contributed by atoms with Crippen molar-refractivity contribution in [2.75, 3.05) is 26.7 Å². The van der Waals surface area contributed by atoms with Crippen LogP contribution in [-0.2, 0) is 0 Å². The molecule has 0 radical (unpaired) electrons. The molecule has 0 aliphatic rings. The Labute approximate surface area is 89.4 Å². The van der Waals surface area contributed by atoms with Gasteiger partial charge in [0.25, 0.3) is 0 Å². The first-order chi connectivity index (χ1) is 6.63. The monoisotopic (exact) mass is 198 g/mol. The van der Waals surface area contributed by atoms with Gasteiger partial charge in [-0.05, 0) is 47.0 Å². The topological polar surface area (TPSA) is 15.3 Å². The van der Waals surface area contributed by atoms with E-state index in [2.05, 4.69) is 44.0 Å². The molecule has 0 fully saturated rings. The molecule has 0 aliphatic carbocycles. The van der Waals surface area contributed by atoms with E-state index in [-0.39, 0.29) is 0 Å². The lowest BCUT2D eigenvalue weighted by Crippen LogP contribution is -2.31. The van der Waals surface area contributed by atoms with E-state index in [1.54, 1.807) is 0 Å². The quantitative estimate of drug-likeness (QED) is 0.631. The van der Waals surface area contributed by atoms with Gasteiger partial charge in [-0.3, -0.25) is 0 Å². The fourth-order valence-electron chi connectivity index (χ4n) is 1.57. The van der Waals surface area contributed by atoms with Crippen molar-refractivity contribution in [3.63, 3.8) is 0 Å². The van der Waals surface area contributed by atoms with Crippen LogP contribution in [0.15, 0.2) is 11.6 Å². The lowest BCUT2D eigenvalue weighted by atomic mass is 10.1. The molecule has 0 rings (SSSR count). The number of hydrogen-bond acceptors (Lipinski definition) is 2. The Balaban J connectivity index is 3.88. The summed E-state index contributed by atoms with van der Waals surface area (Å²) in [5.41, 5.74) is 1.39. The molecule has 1 unspecified atom stereocenters. The first-order valence-electron chi connectivity index (χ1n) is 5.68. The smallest absolute Gasteiger partial charge is 0.0261 e. The summed E-state index contributed by atoms with van der Waals surface area (Å²) in [7, 11) is 2.03. The highest BCUT2D eigenvalue weighted by atomic mass is 15.1. The molecule has 14 heavy (non-hydrogen) atoms. The molecule has 0 amide bonds. The molecule has 84 valence electrons. The fourth-order valence-corrected chi connectivity index (χ4v) is 1.57. The minimum Gasteiger partial charge on any atom is -0.313 e. The van der Waals surface area contributed by atoms with Crippen molar-refractivity contribution in [1.29, 1.82) is 0 Å². The Morgan fingerprint density at radius 1 is 1.29 bits per heavy atom. The molecule has 0 aromatic heterocycles. The summed E-state index contributed by atoms with van der Waals surface area (Å²) in [5.74, 6) is 0. The van der Waals surface area contributed by atoms with Crippen LogP contribution in [0, 0.1) is 0 Å². The Bertz CT molecular complexity index is 156. The van der Waals surface area contributed by atoms with E-state index in [0.717, 1.165) is 13.1 Å². The second-order valence-electron chi connectivity index (χ2n) is 3.95. The first kappa shape index (κ1) is 13.7. The van der Waals surface area contributed by atoms with E-state index in [1.165, 1.54) is 18.5 Å². The average Bonchev–Trinajstić information content (AvgIpc) is 2.17. The fraction of sp³-hybridized carbons (Fsp3) is 0.833. The Morgan fingerprint density at radius 3 is 2.21 bits per heavy atom. The third-order valence-electron chi connectivity index (χ3n) is 2.56. The summed E-state index contributed by atoms with van der Waals surface area (Å²) in [6.07, 6.45) is 3.51. The maximum absolute atomic E-state index is 3.33. The molecule has 2 heteroatoms. The predicted molar refractivity (Wildman–Crippen MR) is 64.7 cm³/mol. The van der Waals surface area contributed by atoms with Crippen LogP contribution < -0.4 is 5.32 Å². The highest BCUT2D eigenvalue weighted by molar-refractivity contribution is 5.00. The Hall–Kier alpha value is -0.340. The van der Waals surface area contributed by atoms with Crippen LogP contribution in [-0.4, -0.2) is 37.6 Å². The molecule has 1 N–H and O–H groups in total. The maximum Gasteiger partial charge on any atom is 0.0261 e.